The van der Waals surface area contributed by atoms with E-state index in [1.54, 1.807) is 6.07 Å². The first-order chi connectivity index (χ1) is 9.39. The zero-order valence-corrected chi connectivity index (χ0v) is 12.1. The third-order valence-corrected chi connectivity index (χ3v) is 4.12. The molecule has 4 heteroatoms. The molecule has 2 aromatic carbocycles. The highest BCUT2D eigenvalue weighted by atomic mass is 32.2. The first-order valence-electron chi connectivity index (χ1n) is 6.32. The summed E-state index contributed by atoms with van der Waals surface area (Å²) in [6.07, 6.45) is -4.32. The van der Waals surface area contributed by atoms with Crippen molar-refractivity contribution < 1.29 is 13.2 Å². The molecule has 0 bridgehead atoms. The second kappa shape index (κ2) is 5.92. The number of halogens is 3. The Hall–Kier alpha value is -1.42. The number of rotatable bonds is 3. The van der Waals surface area contributed by atoms with E-state index in [0.717, 1.165) is 16.5 Å². The first-order valence-corrected chi connectivity index (χ1v) is 7.14. The number of benzene rings is 2. The third kappa shape index (κ3) is 3.37. The van der Waals surface area contributed by atoms with Gasteiger partial charge in [-0.15, -0.1) is 0 Å². The number of hydrogen-bond acceptors (Lipinski definition) is 1. The van der Waals surface area contributed by atoms with Crippen LogP contribution in [-0.4, -0.2) is 0 Å². The molecule has 2 rings (SSSR count). The van der Waals surface area contributed by atoms with Crippen LogP contribution in [0.25, 0.3) is 0 Å². The largest absolute Gasteiger partial charge is 0.417 e. The van der Waals surface area contributed by atoms with Crippen molar-refractivity contribution >= 4 is 11.8 Å². The summed E-state index contributed by atoms with van der Waals surface area (Å²) in [5.74, 6) is 0.275. The van der Waals surface area contributed by atoms with E-state index in [-0.39, 0.29) is 10.8 Å². The number of alkyl halides is 3. The molecule has 2 aromatic rings. The summed E-state index contributed by atoms with van der Waals surface area (Å²) in [6.45, 7) is 4.07. The maximum atomic E-state index is 13.0. The minimum atomic E-state index is -4.32. The monoisotopic (exact) mass is 296 g/mol. The molecule has 0 atom stereocenters. The van der Waals surface area contributed by atoms with Crippen LogP contribution in [0.15, 0.2) is 58.3 Å². The fourth-order valence-corrected chi connectivity index (χ4v) is 3.20. The van der Waals surface area contributed by atoms with Crippen molar-refractivity contribution in [2.75, 3.05) is 0 Å². The van der Waals surface area contributed by atoms with Crippen LogP contribution in [-0.2, 0) is 6.18 Å². The Morgan fingerprint density at radius 2 is 1.40 bits per heavy atom. The molecule has 0 nitrogen and oxygen atoms in total. The Morgan fingerprint density at radius 1 is 0.850 bits per heavy atom. The van der Waals surface area contributed by atoms with Gasteiger partial charge in [-0.1, -0.05) is 55.9 Å². The van der Waals surface area contributed by atoms with E-state index < -0.39 is 11.7 Å². The Morgan fingerprint density at radius 3 is 2.00 bits per heavy atom. The zero-order chi connectivity index (χ0) is 14.8. The van der Waals surface area contributed by atoms with Crippen molar-refractivity contribution in [2.45, 2.75) is 35.7 Å². The topological polar surface area (TPSA) is 0 Å². The standard InChI is InChI=1S/C16H15F3S/c1-11(2)12-7-3-5-9-14(12)20-15-10-6-4-8-13(15)16(17,18)19/h3-11H,1-2H3. The maximum absolute atomic E-state index is 13.0. The minimum Gasteiger partial charge on any atom is -0.166 e. The average Bonchev–Trinajstić information content (AvgIpc) is 2.38. The van der Waals surface area contributed by atoms with Crippen molar-refractivity contribution in [1.29, 1.82) is 0 Å². The molecule has 0 aliphatic heterocycles. The van der Waals surface area contributed by atoms with E-state index in [9.17, 15) is 13.2 Å². The number of hydrogen-bond donors (Lipinski definition) is 0. The quantitative estimate of drug-likeness (QED) is 0.671. The highest BCUT2D eigenvalue weighted by Gasteiger charge is 2.33. The van der Waals surface area contributed by atoms with Crippen LogP contribution < -0.4 is 0 Å². The first kappa shape index (κ1) is 15.0. The van der Waals surface area contributed by atoms with E-state index in [2.05, 4.69) is 0 Å². The van der Waals surface area contributed by atoms with Crippen molar-refractivity contribution in [3.63, 3.8) is 0 Å². The molecule has 106 valence electrons. The van der Waals surface area contributed by atoms with Crippen molar-refractivity contribution in [3.05, 3.63) is 59.7 Å². The van der Waals surface area contributed by atoms with Gasteiger partial charge in [-0.05, 0) is 29.7 Å². The molecule has 0 radical (unpaired) electrons. The van der Waals surface area contributed by atoms with Crippen molar-refractivity contribution in [1.82, 2.24) is 0 Å². The average molecular weight is 296 g/mol. The van der Waals surface area contributed by atoms with Gasteiger partial charge in [0.1, 0.15) is 0 Å². The van der Waals surface area contributed by atoms with E-state index in [1.165, 1.54) is 23.9 Å². The highest BCUT2D eigenvalue weighted by molar-refractivity contribution is 7.99. The molecule has 0 saturated carbocycles. The van der Waals surface area contributed by atoms with Crippen molar-refractivity contribution in [3.8, 4) is 0 Å². The third-order valence-electron chi connectivity index (χ3n) is 2.95. The van der Waals surface area contributed by atoms with Crippen LogP contribution in [0.2, 0.25) is 0 Å². The molecule has 0 unspecified atom stereocenters. The molecule has 0 spiro atoms. The van der Waals surface area contributed by atoms with Gasteiger partial charge in [-0.25, -0.2) is 0 Å². The minimum absolute atomic E-state index is 0.244. The SMILES string of the molecule is CC(C)c1ccccc1Sc1ccccc1C(F)(F)F. The second-order valence-electron chi connectivity index (χ2n) is 4.79. The van der Waals surface area contributed by atoms with E-state index in [4.69, 9.17) is 0 Å². The van der Waals surface area contributed by atoms with Crippen molar-refractivity contribution in [2.24, 2.45) is 0 Å². The Balaban J connectivity index is 2.41. The summed E-state index contributed by atoms with van der Waals surface area (Å²) < 4.78 is 39.0. The molecule has 0 amide bonds. The van der Waals surface area contributed by atoms with Crippen LogP contribution in [0.4, 0.5) is 13.2 Å². The molecule has 0 saturated heterocycles. The predicted molar refractivity (Wildman–Crippen MR) is 76.1 cm³/mol. The molecule has 0 aliphatic rings. The summed E-state index contributed by atoms with van der Waals surface area (Å²) in [6, 6.07) is 13.3. The molecule has 0 aromatic heterocycles. The fraction of sp³-hybridized carbons (Fsp3) is 0.250. The van der Waals surface area contributed by atoms with E-state index in [1.807, 2.05) is 38.1 Å². The normalized spacial score (nSPS) is 11.9. The molecule has 0 fully saturated rings. The van der Waals surface area contributed by atoms with Gasteiger partial charge >= 0.3 is 6.18 Å². The van der Waals surface area contributed by atoms with E-state index >= 15 is 0 Å². The van der Waals surface area contributed by atoms with Crippen LogP contribution in [0, 0.1) is 0 Å². The zero-order valence-electron chi connectivity index (χ0n) is 11.2. The van der Waals surface area contributed by atoms with E-state index in [0.29, 0.717) is 0 Å². The highest BCUT2D eigenvalue weighted by Crippen LogP contribution is 2.41. The van der Waals surface area contributed by atoms with Crippen LogP contribution in [0.3, 0.4) is 0 Å². The van der Waals surface area contributed by atoms with Crippen LogP contribution in [0.1, 0.15) is 30.9 Å². The van der Waals surface area contributed by atoms with Gasteiger partial charge in [0.15, 0.2) is 0 Å². The molecular formula is C16H15F3S. The Labute approximate surface area is 121 Å². The summed E-state index contributed by atoms with van der Waals surface area (Å²) in [5, 5.41) is 0. The van der Waals surface area contributed by atoms with Crippen LogP contribution >= 0.6 is 11.8 Å². The molecule has 0 N–H and O–H groups in total. The molecule has 0 heterocycles. The smallest absolute Gasteiger partial charge is 0.166 e. The molecular weight excluding hydrogens is 281 g/mol. The summed E-state index contributed by atoms with van der Waals surface area (Å²) in [5.41, 5.74) is 0.484. The molecule has 0 aliphatic carbocycles. The van der Waals surface area contributed by atoms with Gasteiger partial charge in [0.25, 0.3) is 0 Å². The Kier molecular flexibility index (Phi) is 4.43. The second-order valence-corrected chi connectivity index (χ2v) is 5.87. The fourth-order valence-electron chi connectivity index (χ4n) is 1.96. The summed E-state index contributed by atoms with van der Waals surface area (Å²) >= 11 is 1.18. The van der Waals surface area contributed by atoms with Gasteiger partial charge in [0, 0.05) is 9.79 Å². The molecule has 20 heavy (non-hydrogen) atoms. The van der Waals surface area contributed by atoms with Gasteiger partial charge in [-0.2, -0.15) is 13.2 Å². The van der Waals surface area contributed by atoms with Crippen LogP contribution in [0.5, 0.6) is 0 Å². The van der Waals surface area contributed by atoms with Gasteiger partial charge < -0.3 is 0 Å². The lowest BCUT2D eigenvalue weighted by molar-refractivity contribution is -0.139. The Bertz CT molecular complexity index is 588. The summed E-state index contributed by atoms with van der Waals surface area (Å²) in [7, 11) is 0. The summed E-state index contributed by atoms with van der Waals surface area (Å²) in [4.78, 5) is 1.12. The lowest BCUT2D eigenvalue weighted by Crippen LogP contribution is -2.06. The van der Waals surface area contributed by atoms with Gasteiger partial charge in [-0.3, -0.25) is 0 Å². The van der Waals surface area contributed by atoms with Gasteiger partial charge in [0.2, 0.25) is 0 Å². The maximum Gasteiger partial charge on any atom is 0.417 e. The van der Waals surface area contributed by atoms with Gasteiger partial charge in [0.05, 0.1) is 5.56 Å². The lowest BCUT2D eigenvalue weighted by atomic mass is 10.0. The predicted octanol–water partition coefficient (Wildman–Crippen LogP) is 5.98. The lowest BCUT2D eigenvalue weighted by Gasteiger charge is -2.15.